The molecule has 0 spiro atoms. The van der Waals surface area contributed by atoms with Gasteiger partial charge >= 0.3 is 5.97 Å². The number of nitrogens with zero attached hydrogens (tertiary/aromatic N) is 2. The topological polar surface area (TPSA) is 75.1 Å². The number of carboxylic acids is 1. The minimum Gasteiger partial charge on any atom is -0.478 e. The van der Waals surface area contributed by atoms with E-state index in [4.69, 9.17) is 5.11 Å². The maximum Gasteiger partial charge on any atom is 0.335 e. The van der Waals surface area contributed by atoms with Crippen LogP contribution in [-0.4, -0.2) is 21.0 Å². The molecule has 1 aromatic carbocycles. The molecule has 2 aromatic rings. The molecule has 0 unspecified atom stereocenters. The van der Waals surface area contributed by atoms with Gasteiger partial charge in [0.1, 0.15) is 11.6 Å². The highest BCUT2D eigenvalue weighted by Gasteiger charge is 2.06. The van der Waals surface area contributed by atoms with Crippen molar-refractivity contribution in [3.63, 3.8) is 0 Å². The van der Waals surface area contributed by atoms with Crippen molar-refractivity contribution in [3.05, 3.63) is 53.0 Å². The van der Waals surface area contributed by atoms with Crippen molar-refractivity contribution in [2.45, 2.75) is 33.2 Å². The van der Waals surface area contributed by atoms with E-state index in [1.165, 1.54) is 0 Å². The maximum atomic E-state index is 10.8. The second kappa shape index (κ2) is 6.35. The molecule has 1 heterocycles. The molecule has 5 heteroatoms. The second-order valence-corrected chi connectivity index (χ2v) is 5.26. The molecule has 0 saturated heterocycles. The average molecular weight is 285 g/mol. The second-order valence-electron chi connectivity index (χ2n) is 5.26. The monoisotopic (exact) mass is 285 g/mol. The molecule has 0 amide bonds. The highest BCUT2D eigenvalue weighted by Crippen LogP contribution is 2.14. The molecule has 0 aliphatic heterocycles. The van der Waals surface area contributed by atoms with Gasteiger partial charge in [-0.15, -0.1) is 0 Å². The van der Waals surface area contributed by atoms with Gasteiger partial charge in [-0.2, -0.15) is 0 Å². The summed E-state index contributed by atoms with van der Waals surface area (Å²) in [4.78, 5) is 19.7. The van der Waals surface area contributed by atoms with E-state index in [-0.39, 0.29) is 5.92 Å². The number of anilines is 1. The van der Waals surface area contributed by atoms with E-state index < -0.39 is 5.97 Å². The fourth-order valence-corrected chi connectivity index (χ4v) is 1.90. The quantitative estimate of drug-likeness (QED) is 0.882. The Balaban J connectivity index is 2.07. The summed E-state index contributed by atoms with van der Waals surface area (Å²) in [5.74, 6) is 0.968. The Morgan fingerprint density at radius 2 is 1.90 bits per heavy atom. The van der Waals surface area contributed by atoms with Crippen LogP contribution >= 0.6 is 0 Å². The molecule has 0 bridgehead atoms. The van der Waals surface area contributed by atoms with E-state index in [2.05, 4.69) is 29.1 Å². The third-order valence-corrected chi connectivity index (χ3v) is 3.06. The third kappa shape index (κ3) is 4.02. The predicted octanol–water partition coefficient (Wildman–Crippen LogP) is 3.22. The lowest BCUT2D eigenvalue weighted by atomic mass is 10.1. The standard InChI is InChI=1S/C16H19N3O2/c1-10(2)15-18-11(3)8-14(19-15)17-9-12-4-6-13(7-5-12)16(20)21/h4-8,10H,9H2,1-3H3,(H,20,21)(H,17,18,19). The van der Waals surface area contributed by atoms with Crippen molar-refractivity contribution in [1.29, 1.82) is 0 Å². The number of aromatic carboxylic acids is 1. The zero-order valence-electron chi connectivity index (χ0n) is 12.4. The van der Waals surface area contributed by atoms with Gasteiger partial charge in [0.15, 0.2) is 0 Å². The van der Waals surface area contributed by atoms with Crippen molar-refractivity contribution >= 4 is 11.8 Å². The first-order chi connectivity index (χ1) is 9.95. The Morgan fingerprint density at radius 3 is 2.48 bits per heavy atom. The number of benzene rings is 1. The molecule has 21 heavy (non-hydrogen) atoms. The van der Waals surface area contributed by atoms with Crippen LogP contribution in [0.1, 0.15) is 47.2 Å². The van der Waals surface area contributed by atoms with Gasteiger partial charge in [0, 0.05) is 24.2 Å². The molecule has 0 fully saturated rings. The summed E-state index contributed by atoms with van der Waals surface area (Å²) in [6.07, 6.45) is 0. The van der Waals surface area contributed by atoms with Crippen LogP contribution in [0.5, 0.6) is 0 Å². The van der Waals surface area contributed by atoms with E-state index in [9.17, 15) is 4.79 Å². The minimum absolute atomic E-state index is 0.278. The van der Waals surface area contributed by atoms with E-state index in [0.717, 1.165) is 22.9 Å². The predicted molar refractivity (Wildman–Crippen MR) is 81.6 cm³/mol. The first kappa shape index (κ1) is 15.0. The summed E-state index contributed by atoms with van der Waals surface area (Å²) in [7, 11) is 0. The van der Waals surface area contributed by atoms with Crippen LogP contribution < -0.4 is 5.32 Å². The van der Waals surface area contributed by atoms with Gasteiger partial charge < -0.3 is 10.4 Å². The molecule has 0 radical (unpaired) electrons. The van der Waals surface area contributed by atoms with E-state index in [0.29, 0.717) is 12.1 Å². The molecule has 2 rings (SSSR count). The largest absolute Gasteiger partial charge is 0.478 e. The van der Waals surface area contributed by atoms with E-state index >= 15 is 0 Å². The van der Waals surface area contributed by atoms with Gasteiger partial charge in [0.05, 0.1) is 5.56 Å². The number of carbonyl (C=O) groups is 1. The Labute approximate surface area is 124 Å². The van der Waals surface area contributed by atoms with E-state index in [1.54, 1.807) is 24.3 Å². The van der Waals surface area contributed by atoms with Crippen LogP contribution in [0.3, 0.4) is 0 Å². The van der Waals surface area contributed by atoms with Crippen LogP contribution in [0.2, 0.25) is 0 Å². The number of carboxylic acid groups (broad SMARTS) is 1. The van der Waals surface area contributed by atoms with Crippen molar-refractivity contribution in [3.8, 4) is 0 Å². The minimum atomic E-state index is -0.914. The summed E-state index contributed by atoms with van der Waals surface area (Å²) in [5.41, 5.74) is 2.22. The highest BCUT2D eigenvalue weighted by atomic mass is 16.4. The molecule has 5 nitrogen and oxygen atoms in total. The van der Waals surface area contributed by atoms with E-state index in [1.807, 2.05) is 13.0 Å². The molecule has 2 N–H and O–H groups in total. The van der Waals surface area contributed by atoms with Crippen LogP contribution in [0, 0.1) is 6.92 Å². The van der Waals surface area contributed by atoms with Gasteiger partial charge in [-0.1, -0.05) is 26.0 Å². The fourth-order valence-electron chi connectivity index (χ4n) is 1.90. The SMILES string of the molecule is Cc1cc(NCc2ccc(C(=O)O)cc2)nc(C(C)C)n1. The summed E-state index contributed by atoms with van der Waals surface area (Å²) in [5, 5.41) is 12.1. The lowest BCUT2D eigenvalue weighted by Gasteiger charge is -2.10. The molecule has 0 atom stereocenters. The zero-order chi connectivity index (χ0) is 15.4. The van der Waals surface area contributed by atoms with Gasteiger partial charge in [-0.05, 0) is 24.6 Å². The van der Waals surface area contributed by atoms with Crippen LogP contribution in [0.25, 0.3) is 0 Å². The van der Waals surface area contributed by atoms with Crippen LogP contribution in [0.4, 0.5) is 5.82 Å². The maximum absolute atomic E-state index is 10.8. The van der Waals surface area contributed by atoms with Gasteiger partial charge in [-0.3, -0.25) is 0 Å². The lowest BCUT2D eigenvalue weighted by molar-refractivity contribution is 0.0697. The molecule has 1 aromatic heterocycles. The summed E-state index contributed by atoms with van der Waals surface area (Å²) in [6, 6.07) is 8.70. The van der Waals surface area contributed by atoms with Crippen molar-refractivity contribution in [2.24, 2.45) is 0 Å². The van der Waals surface area contributed by atoms with Crippen molar-refractivity contribution in [1.82, 2.24) is 9.97 Å². The summed E-state index contributed by atoms with van der Waals surface area (Å²) < 4.78 is 0. The first-order valence-electron chi connectivity index (χ1n) is 6.87. The highest BCUT2D eigenvalue weighted by molar-refractivity contribution is 5.87. The number of hydrogen-bond donors (Lipinski definition) is 2. The van der Waals surface area contributed by atoms with Crippen LogP contribution in [-0.2, 0) is 6.54 Å². The molecule has 0 saturated carbocycles. The molecular weight excluding hydrogens is 266 g/mol. The Morgan fingerprint density at radius 1 is 1.24 bits per heavy atom. The third-order valence-electron chi connectivity index (χ3n) is 3.06. The number of hydrogen-bond acceptors (Lipinski definition) is 4. The van der Waals surface area contributed by atoms with Crippen molar-refractivity contribution < 1.29 is 9.90 Å². The van der Waals surface area contributed by atoms with Crippen molar-refractivity contribution in [2.75, 3.05) is 5.32 Å². The Hall–Kier alpha value is -2.43. The molecule has 0 aliphatic carbocycles. The number of nitrogens with one attached hydrogen (secondary N) is 1. The number of aryl methyl sites for hydroxylation is 1. The van der Waals surface area contributed by atoms with Gasteiger partial charge in [0.25, 0.3) is 0 Å². The fraction of sp³-hybridized carbons (Fsp3) is 0.312. The summed E-state index contributed by atoms with van der Waals surface area (Å²) in [6.45, 7) is 6.65. The molecule has 110 valence electrons. The number of aromatic nitrogens is 2. The normalized spacial score (nSPS) is 10.7. The van der Waals surface area contributed by atoms with Gasteiger partial charge in [-0.25, -0.2) is 14.8 Å². The molecule has 0 aliphatic rings. The summed E-state index contributed by atoms with van der Waals surface area (Å²) >= 11 is 0. The van der Waals surface area contributed by atoms with Crippen LogP contribution in [0.15, 0.2) is 30.3 Å². The lowest BCUT2D eigenvalue weighted by Crippen LogP contribution is -2.07. The Bertz CT molecular complexity index is 636. The Kier molecular flexibility index (Phi) is 4.52. The zero-order valence-corrected chi connectivity index (χ0v) is 12.4. The first-order valence-corrected chi connectivity index (χ1v) is 6.87. The molecular formula is C16H19N3O2. The average Bonchev–Trinajstić information content (AvgIpc) is 2.45. The van der Waals surface area contributed by atoms with Gasteiger partial charge in [0.2, 0.25) is 0 Å². The smallest absolute Gasteiger partial charge is 0.335 e. The number of rotatable bonds is 5.